The van der Waals surface area contributed by atoms with Crippen molar-refractivity contribution in [2.75, 3.05) is 39.6 Å². The molecule has 582 valence electrons. The number of carbonyl (C=O) groups excluding carboxylic acids is 4. The topological polar surface area (TPSA) is 237 Å². The minimum absolute atomic E-state index is 0.106. The van der Waals surface area contributed by atoms with Gasteiger partial charge in [0.15, 0.2) is 12.2 Å². The lowest BCUT2D eigenvalue weighted by atomic mass is 9.99. The summed E-state index contributed by atoms with van der Waals surface area (Å²) < 4.78 is 68.5. The van der Waals surface area contributed by atoms with E-state index < -0.39 is 97.5 Å². The Morgan fingerprint density at radius 3 is 0.776 bits per heavy atom. The molecule has 0 saturated carbocycles. The highest BCUT2D eigenvalue weighted by Crippen LogP contribution is 2.45. The molecule has 0 aromatic heterocycles. The van der Waals surface area contributed by atoms with Crippen LogP contribution in [0.1, 0.15) is 414 Å². The van der Waals surface area contributed by atoms with E-state index in [1.165, 1.54) is 218 Å². The SMILES string of the molecule is CCCCCCCCCCCCCCCCCCCCCCCCC(=O)O[C@H](COC(=O)CCCCCCCCCCCCCCC(C)C)COP(=O)(O)OC[C@@H](O)COP(=O)(O)OC[C@@H](COC(=O)CCCCCCCCC)OC(=O)CCCCCCCCCCCCC(C)CC. The van der Waals surface area contributed by atoms with E-state index in [1.807, 2.05) is 0 Å². The average Bonchev–Trinajstić information content (AvgIpc) is 1.04. The Labute approximate surface area is 600 Å². The standard InChI is InChI=1S/C79H154O17P2/c1-7-10-12-14-16-17-18-19-20-21-22-23-24-25-26-27-28-33-39-45-51-57-63-78(83)96-75(68-90-77(82)62-56-50-44-38-32-30-29-31-36-42-47-53-59-71(4)5)70-94-98(87,88)92-66-73(80)65-91-97(85,86)93-69-74(67-89-76(81)61-55-49-41-15-13-11-8-2)95-79(84)64-58-52-46-40-35-34-37-43-48-54-60-72(6)9-3/h71-75,80H,7-70H2,1-6H3,(H,85,86)(H,87,88)/t72?,73-,74+,75+/m0/s1. The predicted octanol–water partition coefficient (Wildman–Crippen LogP) is 23.5. The predicted molar refractivity (Wildman–Crippen MR) is 400 cm³/mol. The lowest BCUT2D eigenvalue weighted by Crippen LogP contribution is -2.30. The average molecular weight is 1440 g/mol. The molecule has 0 aromatic carbocycles. The first-order valence-corrected chi connectivity index (χ1v) is 44.0. The third-order valence-electron chi connectivity index (χ3n) is 18.8. The molecule has 17 nitrogen and oxygen atoms in total. The molecular formula is C79H154O17P2. The highest BCUT2D eigenvalue weighted by Gasteiger charge is 2.30. The van der Waals surface area contributed by atoms with Gasteiger partial charge in [0, 0.05) is 25.7 Å². The van der Waals surface area contributed by atoms with Crippen LogP contribution >= 0.6 is 15.6 Å². The number of rotatable bonds is 78. The number of esters is 4. The van der Waals surface area contributed by atoms with Crippen LogP contribution in [0.5, 0.6) is 0 Å². The van der Waals surface area contributed by atoms with Crippen molar-refractivity contribution in [1.82, 2.24) is 0 Å². The van der Waals surface area contributed by atoms with Crippen LogP contribution in [0.3, 0.4) is 0 Å². The largest absolute Gasteiger partial charge is 0.472 e. The molecule has 3 unspecified atom stereocenters. The first-order chi connectivity index (χ1) is 47.4. The van der Waals surface area contributed by atoms with Gasteiger partial charge in [0.25, 0.3) is 0 Å². The van der Waals surface area contributed by atoms with Crippen LogP contribution < -0.4 is 0 Å². The maximum atomic E-state index is 13.1. The first-order valence-electron chi connectivity index (χ1n) is 41.0. The van der Waals surface area contributed by atoms with Crippen molar-refractivity contribution in [3.8, 4) is 0 Å². The zero-order valence-corrected chi connectivity index (χ0v) is 65.9. The molecule has 0 aromatic rings. The van der Waals surface area contributed by atoms with Crippen LogP contribution in [-0.4, -0.2) is 96.7 Å². The van der Waals surface area contributed by atoms with Gasteiger partial charge in [0.05, 0.1) is 26.4 Å². The highest BCUT2D eigenvalue weighted by atomic mass is 31.2. The van der Waals surface area contributed by atoms with E-state index in [0.29, 0.717) is 25.7 Å². The monoisotopic (exact) mass is 1440 g/mol. The summed E-state index contributed by atoms with van der Waals surface area (Å²) in [5.74, 6) is -0.533. The number of unbranched alkanes of at least 4 members (excludes halogenated alkanes) is 47. The fourth-order valence-corrected chi connectivity index (χ4v) is 13.7. The number of phosphoric acid groups is 2. The van der Waals surface area contributed by atoms with Gasteiger partial charge in [-0.25, -0.2) is 9.13 Å². The highest BCUT2D eigenvalue weighted by molar-refractivity contribution is 7.47. The number of hydrogen-bond donors (Lipinski definition) is 3. The van der Waals surface area contributed by atoms with Gasteiger partial charge in [-0.2, -0.15) is 0 Å². The Balaban J connectivity index is 5.16. The second kappa shape index (κ2) is 70.7. The fourth-order valence-electron chi connectivity index (χ4n) is 12.2. The summed E-state index contributed by atoms with van der Waals surface area (Å²) in [6.07, 6.45) is 59.9. The fraction of sp³-hybridized carbons (Fsp3) is 0.949. The van der Waals surface area contributed by atoms with Crippen LogP contribution in [0.2, 0.25) is 0 Å². The molecule has 0 aliphatic rings. The molecule has 0 radical (unpaired) electrons. The van der Waals surface area contributed by atoms with Crippen molar-refractivity contribution in [2.45, 2.75) is 432 Å². The molecule has 0 heterocycles. The van der Waals surface area contributed by atoms with Gasteiger partial charge in [-0.3, -0.25) is 37.3 Å². The maximum absolute atomic E-state index is 13.1. The molecule has 0 bridgehead atoms. The summed E-state index contributed by atoms with van der Waals surface area (Å²) in [6, 6.07) is 0. The number of aliphatic hydroxyl groups is 1. The van der Waals surface area contributed by atoms with E-state index in [0.717, 1.165) is 115 Å². The van der Waals surface area contributed by atoms with E-state index >= 15 is 0 Å². The zero-order valence-electron chi connectivity index (χ0n) is 64.1. The number of hydrogen-bond acceptors (Lipinski definition) is 15. The van der Waals surface area contributed by atoms with E-state index in [1.54, 1.807) is 0 Å². The lowest BCUT2D eigenvalue weighted by Gasteiger charge is -2.21. The van der Waals surface area contributed by atoms with E-state index in [-0.39, 0.29) is 25.7 Å². The van der Waals surface area contributed by atoms with Crippen molar-refractivity contribution < 1.29 is 80.2 Å². The van der Waals surface area contributed by atoms with Crippen LogP contribution in [0.25, 0.3) is 0 Å². The number of ether oxygens (including phenoxy) is 4. The second-order valence-electron chi connectivity index (χ2n) is 29.2. The van der Waals surface area contributed by atoms with Crippen molar-refractivity contribution >= 4 is 39.5 Å². The summed E-state index contributed by atoms with van der Waals surface area (Å²) in [4.78, 5) is 72.8. The smallest absolute Gasteiger partial charge is 0.462 e. The minimum Gasteiger partial charge on any atom is -0.462 e. The molecule has 0 aliphatic carbocycles. The summed E-state index contributed by atoms with van der Waals surface area (Å²) in [5, 5.41) is 10.6. The molecule has 0 saturated heterocycles. The van der Waals surface area contributed by atoms with Crippen LogP contribution in [0.4, 0.5) is 0 Å². The molecule has 0 spiro atoms. The van der Waals surface area contributed by atoms with Crippen molar-refractivity contribution in [3.63, 3.8) is 0 Å². The van der Waals surface area contributed by atoms with Gasteiger partial charge in [-0.05, 0) is 37.5 Å². The molecule has 3 N–H and O–H groups in total. The van der Waals surface area contributed by atoms with Gasteiger partial charge < -0.3 is 33.8 Å². The Morgan fingerprint density at radius 1 is 0.296 bits per heavy atom. The van der Waals surface area contributed by atoms with Crippen LogP contribution in [-0.2, 0) is 65.4 Å². The van der Waals surface area contributed by atoms with Gasteiger partial charge in [0.2, 0.25) is 0 Å². The number of carbonyl (C=O) groups is 4. The summed E-state index contributed by atoms with van der Waals surface area (Å²) in [7, 11) is -9.91. The van der Waals surface area contributed by atoms with Crippen molar-refractivity contribution in [3.05, 3.63) is 0 Å². The molecule has 0 fully saturated rings. The number of aliphatic hydroxyl groups excluding tert-OH is 1. The van der Waals surface area contributed by atoms with Crippen molar-refractivity contribution in [1.29, 1.82) is 0 Å². The summed E-state index contributed by atoms with van der Waals surface area (Å²) in [5.41, 5.74) is 0. The lowest BCUT2D eigenvalue weighted by molar-refractivity contribution is -0.161. The molecule has 6 atom stereocenters. The quantitative estimate of drug-likeness (QED) is 0.0222. The van der Waals surface area contributed by atoms with Crippen LogP contribution in [0, 0.1) is 11.8 Å². The molecule has 0 rings (SSSR count). The van der Waals surface area contributed by atoms with E-state index in [4.69, 9.17) is 37.0 Å². The number of phosphoric ester groups is 2. The van der Waals surface area contributed by atoms with Gasteiger partial charge in [-0.1, -0.05) is 363 Å². The van der Waals surface area contributed by atoms with E-state index in [2.05, 4.69) is 41.5 Å². The minimum atomic E-state index is -4.96. The molecule has 98 heavy (non-hydrogen) atoms. The van der Waals surface area contributed by atoms with Gasteiger partial charge in [-0.15, -0.1) is 0 Å². The van der Waals surface area contributed by atoms with Crippen LogP contribution in [0.15, 0.2) is 0 Å². The first kappa shape index (κ1) is 96.1. The van der Waals surface area contributed by atoms with Gasteiger partial charge in [0.1, 0.15) is 19.3 Å². The third-order valence-corrected chi connectivity index (χ3v) is 20.7. The Morgan fingerprint density at radius 2 is 0.520 bits per heavy atom. The Kier molecular flexibility index (Phi) is 69.3. The Hall–Kier alpha value is -1.94. The van der Waals surface area contributed by atoms with E-state index in [9.17, 15) is 43.2 Å². The summed E-state index contributed by atoms with van der Waals surface area (Å²) in [6.45, 7) is 9.61. The second-order valence-corrected chi connectivity index (χ2v) is 32.1. The van der Waals surface area contributed by atoms with Gasteiger partial charge >= 0.3 is 39.5 Å². The summed E-state index contributed by atoms with van der Waals surface area (Å²) >= 11 is 0. The maximum Gasteiger partial charge on any atom is 0.472 e. The molecule has 19 heteroatoms. The van der Waals surface area contributed by atoms with Crippen molar-refractivity contribution in [2.24, 2.45) is 11.8 Å². The normalized spacial score (nSPS) is 14.2. The molecular weight excluding hydrogens is 1280 g/mol. The zero-order chi connectivity index (χ0) is 72.1. The molecule has 0 amide bonds. The molecule has 0 aliphatic heterocycles. The third kappa shape index (κ3) is 71.1. The Bertz CT molecular complexity index is 1890.